The average molecular weight is 759 g/mol. The third-order valence-corrected chi connectivity index (χ3v) is 11.2. The van der Waals surface area contributed by atoms with Gasteiger partial charge in [-0.3, -0.25) is 0 Å². The molecule has 4 saturated heterocycles. The minimum absolute atomic E-state index is 0.773. The van der Waals surface area contributed by atoms with Gasteiger partial charge in [0.2, 0.25) is 11.9 Å². The first-order chi connectivity index (χ1) is 27.6. The number of methoxy groups -OCH3 is 2. The summed E-state index contributed by atoms with van der Waals surface area (Å²) in [5, 5.41) is 8.35. The summed E-state index contributed by atoms with van der Waals surface area (Å²) in [6.45, 7) is 11.0. The maximum Gasteiger partial charge on any atom is 0.227 e. The molecule has 12 nitrogen and oxygen atoms in total. The molecular formula is C44H58N10O2. The highest BCUT2D eigenvalue weighted by Crippen LogP contribution is 2.32. The van der Waals surface area contributed by atoms with Gasteiger partial charge in [-0.1, -0.05) is 23.7 Å². The van der Waals surface area contributed by atoms with Crippen LogP contribution >= 0.6 is 0 Å². The molecule has 8 rings (SSSR count). The second-order valence-corrected chi connectivity index (χ2v) is 15.0. The Bertz CT molecular complexity index is 1930. The molecule has 2 aromatic heterocycles. The standard InChI is InChI=1S/2C22H29N5O/c2*1-23-21-18-16-20(28-2)17(9-3-4-10-26-11-5-6-12-26)15-19(18)24-22(25-21)27-13-7-8-14-27/h2*15-16H,4-8,10-14H2,1-2H3,(H,23,24,25). The highest BCUT2D eigenvalue weighted by Gasteiger charge is 2.20. The van der Waals surface area contributed by atoms with Crippen LogP contribution in [0.15, 0.2) is 24.3 Å². The molecule has 4 aliphatic heterocycles. The molecule has 56 heavy (non-hydrogen) atoms. The van der Waals surface area contributed by atoms with E-state index in [1.165, 1.54) is 77.5 Å². The first-order valence-electron chi connectivity index (χ1n) is 20.6. The normalized spacial score (nSPS) is 17.0. The summed E-state index contributed by atoms with van der Waals surface area (Å²) in [6, 6.07) is 8.08. The topological polar surface area (TPSA) is 107 Å². The Morgan fingerprint density at radius 2 is 0.911 bits per heavy atom. The molecule has 0 radical (unpaired) electrons. The van der Waals surface area contributed by atoms with Crippen LogP contribution in [0.3, 0.4) is 0 Å². The van der Waals surface area contributed by atoms with E-state index >= 15 is 0 Å². The summed E-state index contributed by atoms with van der Waals surface area (Å²) in [5.74, 6) is 18.1. The fourth-order valence-electron chi connectivity index (χ4n) is 8.07. The number of benzene rings is 2. The molecule has 4 fully saturated rings. The molecule has 0 spiro atoms. The van der Waals surface area contributed by atoms with Crippen LogP contribution < -0.4 is 29.9 Å². The van der Waals surface area contributed by atoms with Crippen molar-refractivity contribution in [1.29, 1.82) is 0 Å². The Labute approximate surface area is 332 Å². The third kappa shape index (κ3) is 9.49. The fraction of sp³-hybridized carbons (Fsp3) is 0.545. The van der Waals surface area contributed by atoms with E-state index in [1.54, 1.807) is 14.2 Å². The predicted octanol–water partition coefficient (Wildman–Crippen LogP) is 6.24. The minimum atomic E-state index is 0.773. The summed E-state index contributed by atoms with van der Waals surface area (Å²) >= 11 is 0. The van der Waals surface area contributed by atoms with Gasteiger partial charge in [-0.25, -0.2) is 9.97 Å². The van der Waals surface area contributed by atoms with Crippen LogP contribution in [0.25, 0.3) is 21.8 Å². The number of fused-ring (bicyclic) bond motifs is 2. The Hall–Kier alpha value is -5.04. The van der Waals surface area contributed by atoms with Crippen molar-refractivity contribution < 1.29 is 9.47 Å². The largest absolute Gasteiger partial charge is 0.495 e. The molecule has 0 aliphatic carbocycles. The van der Waals surface area contributed by atoms with Crippen molar-refractivity contribution in [3.8, 4) is 35.2 Å². The molecule has 4 aliphatic rings. The number of ether oxygens (including phenoxy) is 2. The van der Waals surface area contributed by atoms with Crippen molar-refractivity contribution in [1.82, 2.24) is 29.7 Å². The lowest BCUT2D eigenvalue weighted by atomic mass is 10.1. The molecule has 2 aromatic carbocycles. The lowest BCUT2D eigenvalue weighted by Crippen LogP contribution is -2.21. The Balaban J connectivity index is 0.000000172. The summed E-state index contributed by atoms with van der Waals surface area (Å²) in [4.78, 5) is 28.6. The SMILES string of the molecule is CNc1nc(N2CCCC2)nc2cc(C#CCCN3CCCC3)c(OC)cc12.CNc1nc(N2CCCC2)nc2cc(C#CCCN3CCCC3)c(OC)cc12. The summed E-state index contributed by atoms with van der Waals surface area (Å²) in [5.41, 5.74) is 3.60. The van der Waals surface area contributed by atoms with E-state index < -0.39 is 0 Å². The van der Waals surface area contributed by atoms with Gasteiger partial charge < -0.3 is 39.7 Å². The molecule has 0 amide bonds. The number of aromatic nitrogens is 4. The Morgan fingerprint density at radius 3 is 1.27 bits per heavy atom. The van der Waals surface area contributed by atoms with Gasteiger partial charge in [0.15, 0.2) is 0 Å². The van der Waals surface area contributed by atoms with E-state index in [1.807, 2.05) is 38.4 Å². The van der Waals surface area contributed by atoms with Crippen molar-refractivity contribution in [2.45, 2.75) is 64.2 Å². The van der Waals surface area contributed by atoms with Gasteiger partial charge in [0, 0.05) is 77.0 Å². The fourth-order valence-corrected chi connectivity index (χ4v) is 8.07. The lowest BCUT2D eigenvalue weighted by molar-refractivity contribution is 0.348. The van der Waals surface area contributed by atoms with Gasteiger partial charge in [0.1, 0.15) is 23.1 Å². The first kappa shape index (κ1) is 39.2. The van der Waals surface area contributed by atoms with Gasteiger partial charge >= 0.3 is 0 Å². The second kappa shape index (κ2) is 19.2. The number of rotatable bonds is 10. The molecule has 0 atom stereocenters. The first-order valence-corrected chi connectivity index (χ1v) is 20.6. The van der Waals surface area contributed by atoms with Gasteiger partial charge in [0.05, 0.1) is 36.4 Å². The van der Waals surface area contributed by atoms with Crippen LogP contribution in [0.1, 0.15) is 75.3 Å². The summed E-state index contributed by atoms with van der Waals surface area (Å²) in [7, 11) is 7.17. The molecule has 4 aromatic rings. The van der Waals surface area contributed by atoms with Crippen molar-refractivity contribution in [2.75, 3.05) is 114 Å². The van der Waals surface area contributed by atoms with E-state index in [4.69, 9.17) is 29.4 Å². The number of hydrogen-bond donors (Lipinski definition) is 2. The van der Waals surface area contributed by atoms with Crippen LogP contribution in [0.5, 0.6) is 11.5 Å². The maximum atomic E-state index is 5.61. The van der Waals surface area contributed by atoms with Crippen LogP contribution in [-0.4, -0.2) is 123 Å². The number of hydrogen-bond acceptors (Lipinski definition) is 12. The molecular weight excluding hydrogens is 701 g/mol. The molecule has 0 bridgehead atoms. The Kier molecular flexibility index (Phi) is 13.4. The number of anilines is 4. The molecule has 0 unspecified atom stereocenters. The molecule has 0 saturated carbocycles. The van der Waals surface area contributed by atoms with E-state index in [2.05, 4.69) is 53.9 Å². The smallest absolute Gasteiger partial charge is 0.227 e. The zero-order valence-corrected chi connectivity index (χ0v) is 33.8. The van der Waals surface area contributed by atoms with Gasteiger partial charge in [0.25, 0.3) is 0 Å². The highest BCUT2D eigenvalue weighted by molar-refractivity contribution is 5.93. The average Bonchev–Trinajstić information content (AvgIpc) is 4.09. The van der Waals surface area contributed by atoms with Crippen LogP contribution in [0, 0.1) is 23.7 Å². The van der Waals surface area contributed by atoms with Crippen molar-refractivity contribution in [3.05, 3.63) is 35.4 Å². The molecule has 296 valence electrons. The van der Waals surface area contributed by atoms with Crippen molar-refractivity contribution >= 4 is 45.3 Å². The predicted molar refractivity (Wildman–Crippen MR) is 229 cm³/mol. The molecule has 12 heteroatoms. The van der Waals surface area contributed by atoms with Gasteiger partial charge in [-0.05, 0) is 102 Å². The Morgan fingerprint density at radius 1 is 0.536 bits per heavy atom. The number of likely N-dealkylation sites (tertiary alicyclic amines) is 2. The monoisotopic (exact) mass is 758 g/mol. The second-order valence-electron chi connectivity index (χ2n) is 15.0. The number of nitrogens with zero attached hydrogens (tertiary/aromatic N) is 8. The van der Waals surface area contributed by atoms with E-state index in [9.17, 15) is 0 Å². The summed E-state index contributed by atoms with van der Waals surface area (Å²) < 4.78 is 11.2. The van der Waals surface area contributed by atoms with E-state index in [0.717, 1.165) is 120 Å². The summed E-state index contributed by atoms with van der Waals surface area (Å²) in [6.07, 6.45) is 11.8. The van der Waals surface area contributed by atoms with Gasteiger partial charge in [-0.15, -0.1) is 0 Å². The number of nitrogens with one attached hydrogen (secondary N) is 2. The highest BCUT2D eigenvalue weighted by atomic mass is 16.5. The van der Waals surface area contributed by atoms with Crippen molar-refractivity contribution in [2.24, 2.45) is 0 Å². The lowest BCUT2D eigenvalue weighted by Gasteiger charge is -2.17. The zero-order valence-electron chi connectivity index (χ0n) is 33.8. The van der Waals surface area contributed by atoms with Crippen LogP contribution in [0.2, 0.25) is 0 Å². The van der Waals surface area contributed by atoms with Crippen LogP contribution in [-0.2, 0) is 0 Å². The van der Waals surface area contributed by atoms with Crippen LogP contribution in [0.4, 0.5) is 23.5 Å². The van der Waals surface area contributed by atoms with Crippen molar-refractivity contribution in [3.63, 3.8) is 0 Å². The van der Waals surface area contributed by atoms with E-state index in [0.29, 0.717) is 0 Å². The van der Waals surface area contributed by atoms with Gasteiger partial charge in [-0.2, -0.15) is 9.97 Å². The third-order valence-electron chi connectivity index (χ3n) is 11.2. The minimum Gasteiger partial charge on any atom is -0.495 e. The quantitative estimate of drug-likeness (QED) is 0.179. The zero-order chi connectivity index (χ0) is 38.7. The maximum absolute atomic E-state index is 5.61. The molecule has 6 heterocycles. The molecule has 2 N–H and O–H groups in total. The van der Waals surface area contributed by atoms with E-state index in [-0.39, 0.29) is 0 Å².